The molecule has 1 N–H and O–H groups in total. The molecule has 0 atom stereocenters. The van der Waals surface area contributed by atoms with Crippen molar-refractivity contribution in [2.45, 2.75) is 12.4 Å². The van der Waals surface area contributed by atoms with Crippen molar-refractivity contribution >= 4 is 18.3 Å². The summed E-state index contributed by atoms with van der Waals surface area (Å²) in [7, 11) is 0. The zero-order chi connectivity index (χ0) is 20.7. The van der Waals surface area contributed by atoms with Crippen molar-refractivity contribution < 1.29 is 41.0 Å². The van der Waals surface area contributed by atoms with E-state index in [1.807, 2.05) is 0 Å². The van der Waals surface area contributed by atoms with Crippen LogP contribution in [0, 0.1) is 0 Å². The predicted octanol–water partition coefficient (Wildman–Crippen LogP) is 5.32. The molecular weight excluding hydrogens is 378 g/mol. The van der Waals surface area contributed by atoms with Crippen molar-refractivity contribution in [1.29, 1.82) is 0 Å². The summed E-state index contributed by atoms with van der Waals surface area (Å²) in [6.45, 7) is 0. The molecule has 0 amide bonds. The molecule has 27 heavy (non-hydrogen) atoms. The lowest BCUT2D eigenvalue weighted by Gasteiger charge is -2.06. The summed E-state index contributed by atoms with van der Waals surface area (Å²) in [5.41, 5.74) is -1.36. The lowest BCUT2D eigenvalue weighted by Crippen LogP contribution is -2.04. The average Bonchev–Trinajstić information content (AvgIpc) is 2.59. The van der Waals surface area contributed by atoms with Crippen LogP contribution >= 0.6 is 0 Å². The van der Waals surface area contributed by atoms with Gasteiger partial charge in [0.2, 0.25) is 0 Å². The molecule has 0 radical (unpaired) electrons. The molecule has 144 valence electrons. The van der Waals surface area contributed by atoms with Gasteiger partial charge in [0, 0.05) is 11.6 Å². The smallest absolute Gasteiger partial charge is 0.416 e. The topological polar surface area (TPSA) is 54.4 Å². The average molecular weight is 390 g/mol. The molecule has 0 aliphatic carbocycles. The van der Waals surface area contributed by atoms with Crippen molar-refractivity contribution in [3.05, 3.63) is 76.9 Å². The normalized spacial score (nSPS) is 11.6. The van der Waals surface area contributed by atoms with E-state index in [4.69, 9.17) is 5.11 Å². The molecule has 9 heteroatoms. The highest BCUT2D eigenvalue weighted by atomic mass is 19.4. The van der Waals surface area contributed by atoms with Gasteiger partial charge in [-0.2, -0.15) is 26.3 Å². The van der Waals surface area contributed by atoms with Gasteiger partial charge >= 0.3 is 18.3 Å². The maximum absolute atomic E-state index is 12.2. The van der Waals surface area contributed by atoms with Crippen LogP contribution in [0.25, 0.3) is 6.08 Å². The Morgan fingerprint density at radius 2 is 1.26 bits per heavy atom. The van der Waals surface area contributed by atoms with Crippen LogP contribution in [-0.4, -0.2) is 17.4 Å². The second-order valence-corrected chi connectivity index (χ2v) is 5.04. The second kappa shape index (κ2) is 9.02. The third kappa shape index (κ3) is 7.76. The molecule has 2 aromatic rings. The zero-order valence-electron chi connectivity index (χ0n) is 13.4. The van der Waals surface area contributed by atoms with E-state index in [0.717, 1.165) is 36.4 Å². The van der Waals surface area contributed by atoms with Gasteiger partial charge in [-0.3, -0.25) is 4.79 Å². The third-order valence-corrected chi connectivity index (χ3v) is 2.98. The van der Waals surface area contributed by atoms with Crippen LogP contribution in [0.3, 0.4) is 0 Å². The minimum absolute atomic E-state index is 0.0322. The van der Waals surface area contributed by atoms with Gasteiger partial charge in [0.05, 0.1) is 11.1 Å². The van der Waals surface area contributed by atoms with Crippen LogP contribution in [0.5, 0.6) is 0 Å². The minimum Gasteiger partial charge on any atom is -0.478 e. The van der Waals surface area contributed by atoms with E-state index in [0.29, 0.717) is 6.29 Å². The van der Waals surface area contributed by atoms with Crippen LogP contribution < -0.4 is 0 Å². The van der Waals surface area contributed by atoms with Crippen LogP contribution in [0.1, 0.15) is 27.0 Å². The number of carbonyl (C=O) groups is 2. The Morgan fingerprint density at radius 1 is 0.815 bits per heavy atom. The number of benzene rings is 2. The summed E-state index contributed by atoms with van der Waals surface area (Å²) in [5, 5.41) is 8.29. The molecule has 0 fully saturated rings. The van der Waals surface area contributed by atoms with Crippen LogP contribution in [0.15, 0.2) is 54.6 Å². The van der Waals surface area contributed by atoms with Crippen LogP contribution in [0.2, 0.25) is 0 Å². The van der Waals surface area contributed by atoms with Crippen LogP contribution in [-0.2, 0) is 17.1 Å². The van der Waals surface area contributed by atoms with Crippen LogP contribution in [0.4, 0.5) is 26.3 Å². The molecule has 0 aliphatic heterocycles. The molecule has 0 heterocycles. The first-order chi connectivity index (χ1) is 12.4. The summed E-state index contributed by atoms with van der Waals surface area (Å²) < 4.78 is 72.6. The molecule has 2 rings (SSSR count). The fourth-order valence-electron chi connectivity index (χ4n) is 1.77. The quantitative estimate of drug-likeness (QED) is 0.438. The van der Waals surface area contributed by atoms with Gasteiger partial charge in [-0.1, -0.05) is 24.3 Å². The summed E-state index contributed by atoms with van der Waals surface area (Å²) >= 11 is 0. The highest BCUT2D eigenvalue weighted by molar-refractivity contribution is 5.85. The highest BCUT2D eigenvalue weighted by Gasteiger charge is 2.30. The number of halogens is 6. The van der Waals surface area contributed by atoms with E-state index in [2.05, 4.69) is 0 Å². The summed E-state index contributed by atoms with van der Waals surface area (Å²) in [5.74, 6) is -1.20. The lowest BCUT2D eigenvalue weighted by molar-refractivity contribution is -0.138. The molecule has 2 aromatic carbocycles. The molecule has 0 saturated carbocycles. The van der Waals surface area contributed by atoms with Crippen molar-refractivity contribution in [3.8, 4) is 0 Å². The van der Waals surface area contributed by atoms with E-state index < -0.39 is 29.4 Å². The molecule has 0 aliphatic rings. The Balaban J connectivity index is 0.000000277. The standard InChI is InChI=1S/C10H7F3O2.C8H5F3O/c11-10(12,13)8-3-1-2-7(6-8)4-5-9(14)15;9-8(10,11)7-3-1-2-6(4-7)5-12/h1-6H,(H,14,15);1-5H. The number of carboxylic acids is 1. The minimum atomic E-state index is -4.41. The number of hydrogen-bond donors (Lipinski definition) is 1. The molecule has 3 nitrogen and oxygen atoms in total. The van der Waals surface area contributed by atoms with Gasteiger partial charge < -0.3 is 5.11 Å². The van der Waals surface area contributed by atoms with Crippen molar-refractivity contribution in [2.75, 3.05) is 0 Å². The lowest BCUT2D eigenvalue weighted by atomic mass is 10.1. The fraction of sp³-hybridized carbons (Fsp3) is 0.111. The van der Waals surface area contributed by atoms with Gasteiger partial charge in [0.1, 0.15) is 6.29 Å². The Bertz CT molecular complexity index is 822. The number of carbonyl (C=O) groups excluding carboxylic acids is 1. The monoisotopic (exact) mass is 390 g/mol. The van der Waals surface area contributed by atoms with Gasteiger partial charge in [0.15, 0.2) is 0 Å². The first kappa shape index (κ1) is 21.9. The SMILES string of the molecule is O=C(O)C=Cc1cccc(C(F)(F)F)c1.O=Cc1cccc(C(F)(F)F)c1. The van der Waals surface area contributed by atoms with Crippen molar-refractivity contribution in [3.63, 3.8) is 0 Å². The number of carboxylic acid groups (broad SMARTS) is 1. The number of rotatable bonds is 3. The summed E-state index contributed by atoms with van der Waals surface area (Å²) in [6.07, 6.45) is -6.51. The molecule has 0 unspecified atom stereocenters. The van der Waals surface area contributed by atoms with Gasteiger partial charge in [-0.25, -0.2) is 4.79 Å². The molecule has 0 aromatic heterocycles. The summed E-state index contributed by atoms with van der Waals surface area (Å²) in [4.78, 5) is 20.3. The van der Waals surface area contributed by atoms with E-state index in [-0.39, 0.29) is 11.1 Å². The van der Waals surface area contributed by atoms with Gasteiger partial charge in [0.25, 0.3) is 0 Å². The zero-order valence-corrected chi connectivity index (χ0v) is 13.4. The Kier molecular flexibility index (Phi) is 7.33. The molecule has 0 bridgehead atoms. The number of alkyl halides is 6. The molecular formula is C18H12F6O3. The van der Waals surface area contributed by atoms with E-state index in [1.165, 1.54) is 24.3 Å². The Hall–Kier alpha value is -3.10. The van der Waals surface area contributed by atoms with E-state index >= 15 is 0 Å². The second-order valence-electron chi connectivity index (χ2n) is 5.04. The van der Waals surface area contributed by atoms with Crippen molar-refractivity contribution in [1.82, 2.24) is 0 Å². The van der Waals surface area contributed by atoms with E-state index in [1.54, 1.807) is 0 Å². The largest absolute Gasteiger partial charge is 0.478 e. The fourth-order valence-corrected chi connectivity index (χ4v) is 1.77. The summed E-state index contributed by atoms with van der Waals surface area (Å²) in [6, 6.07) is 8.70. The maximum Gasteiger partial charge on any atom is 0.416 e. The van der Waals surface area contributed by atoms with Gasteiger partial charge in [-0.05, 0) is 35.9 Å². The Labute approximate surface area is 149 Å². The Morgan fingerprint density at radius 3 is 1.67 bits per heavy atom. The van der Waals surface area contributed by atoms with Crippen molar-refractivity contribution in [2.24, 2.45) is 0 Å². The third-order valence-electron chi connectivity index (χ3n) is 2.98. The molecule has 0 spiro atoms. The molecule has 0 saturated heterocycles. The highest BCUT2D eigenvalue weighted by Crippen LogP contribution is 2.30. The van der Waals surface area contributed by atoms with Gasteiger partial charge in [-0.15, -0.1) is 0 Å². The van der Waals surface area contributed by atoms with E-state index in [9.17, 15) is 35.9 Å². The number of hydrogen-bond acceptors (Lipinski definition) is 2. The number of aliphatic carboxylic acids is 1. The maximum atomic E-state index is 12.2. The first-order valence-electron chi connectivity index (χ1n) is 7.14. The predicted molar refractivity (Wildman–Crippen MR) is 84.9 cm³/mol. The first-order valence-corrected chi connectivity index (χ1v) is 7.14. The number of aldehydes is 1.